The second-order valence-corrected chi connectivity index (χ2v) is 5.50. The van der Waals surface area contributed by atoms with Gasteiger partial charge in [0.05, 0.1) is 0 Å². The monoisotopic (exact) mass is 319 g/mol. The Morgan fingerprint density at radius 3 is 2.74 bits per heavy atom. The van der Waals surface area contributed by atoms with Crippen LogP contribution in [0.2, 0.25) is 0 Å². The van der Waals surface area contributed by atoms with Crippen LogP contribution in [0.4, 0.5) is 0 Å². The zero-order valence-electron chi connectivity index (χ0n) is 10.3. The number of halogens is 1. The van der Waals surface area contributed by atoms with Crippen molar-refractivity contribution >= 4 is 15.9 Å². The van der Waals surface area contributed by atoms with Crippen LogP contribution in [0.25, 0.3) is 0 Å². The molecule has 0 spiro atoms. The van der Waals surface area contributed by atoms with E-state index in [1.54, 1.807) is 12.4 Å². The van der Waals surface area contributed by atoms with Crippen molar-refractivity contribution in [1.82, 2.24) is 15.3 Å². The van der Waals surface area contributed by atoms with E-state index >= 15 is 0 Å². The molecule has 0 atom stereocenters. The van der Waals surface area contributed by atoms with Crippen LogP contribution in [0.1, 0.15) is 18.4 Å². The smallest absolute Gasteiger partial charge is 0.321 e. The van der Waals surface area contributed by atoms with Crippen molar-refractivity contribution in [2.24, 2.45) is 0 Å². The molecule has 5 heteroatoms. The van der Waals surface area contributed by atoms with Gasteiger partial charge in [-0.2, -0.15) is 0 Å². The lowest BCUT2D eigenvalue weighted by molar-refractivity contribution is 0.440. The zero-order chi connectivity index (χ0) is 13.1. The maximum absolute atomic E-state index is 5.58. The number of hydrogen-bond donors (Lipinski definition) is 1. The normalized spacial score (nSPS) is 14.4. The molecule has 1 aromatic carbocycles. The number of nitrogens with zero attached hydrogens (tertiary/aromatic N) is 2. The number of benzene rings is 1. The lowest BCUT2D eigenvalue weighted by Gasteiger charge is -2.05. The van der Waals surface area contributed by atoms with Crippen LogP contribution in [0.5, 0.6) is 11.8 Å². The number of hydrogen-bond acceptors (Lipinski definition) is 4. The van der Waals surface area contributed by atoms with Crippen LogP contribution in [0.3, 0.4) is 0 Å². The van der Waals surface area contributed by atoms with Gasteiger partial charge in [-0.15, -0.1) is 0 Å². The Morgan fingerprint density at radius 1 is 1.26 bits per heavy atom. The van der Waals surface area contributed by atoms with E-state index in [2.05, 4.69) is 31.2 Å². The summed E-state index contributed by atoms with van der Waals surface area (Å²) in [4.78, 5) is 8.43. The van der Waals surface area contributed by atoms with Crippen LogP contribution in [-0.4, -0.2) is 16.0 Å². The van der Waals surface area contributed by atoms with Gasteiger partial charge in [0.2, 0.25) is 0 Å². The second kappa shape index (κ2) is 5.67. The molecule has 0 radical (unpaired) electrons. The number of aromatic nitrogens is 2. The average Bonchev–Trinajstić information content (AvgIpc) is 3.22. The third-order valence-corrected chi connectivity index (χ3v) is 3.35. The summed E-state index contributed by atoms with van der Waals surface area (Å²) in [5.74, 6) is 0.721. The topological polar surface area (TPSA) is 47.0 Å². The summed E-state index contributed by atoms with van der Waals surface area (Å²) in [6, 6.07) is 8.67. The summed E-state index contributed by atoms with van der Waals surface area (Å²) >= 11 is 3.40. The van der Waals surface area contributed by atoms with Crippen LogP contribution in [-0.2, 0) is 6.54 Å². The predicted octanol–water partition coefficient (Wildman–Crippen LogP) is 3.28. The predicted molar refractivity (Wildman–Crippen MR) is 76.1 cm³/mol. The van der Waals surface area contributed by atoms with Crippen molar-refractivity contribution < 1.29 is 4.74 Å². The summed E-state index contributed by atoms with van der Waals surface area (Å²) < 4.78 is 6.55. The summed E-state index contributed by atoms with van der Waals surface area (Å²) in [6.07, 6.45) is 6.17. The summed E-state index contributed by atoms with van der Waals surface area (Å²) in [6.45, 7) is 0.821. The first-order valence-electron chi connectivity index (χ1n) is 6.27. The van der Waals surface area contributed by atoms with E-state index < -0.39 is 0 Å². The first-order chi connectivity index (χ1) is 9.29. The van der Waals surface area contributed by atoms with Gasteiger partial charge in [0.1, 0.15) is 5.75 Å². The maximum atomic E-state index is 5.58. The molecule has 1 heterocycles. The van der Waals surface area contributed by atoms with Gasteiger partial charge in [-0.05, 0) is 31.0 Å². The number of ether oxygens (including phenoxy) is 1. The van der Waals surface area contributed by atoms with Crippen molar-refractivity contribution in [1.29, 1.82) is 0 Å². The Labute approximate surface area is 120 Å². The highest BCUT2D eigenvalue weighted by molar-refractivity contribution is 9.10. The Bertz CT molecular complexity index is 555. The molecule has 0 aliphatic heterocycles. The molecule has 4 nitrogen and oxygen atoms in total. The van der Waals surface area contributed by atoms with E-state index in [9.17, 15) is 0 Å². The van der Waals surface area contributed by atoms with E-state index in [1.807, 2.05) is 24.3 Å². The van der Waals surface area contributed by atoms with Gasteiger partial charge in [-0.3, -0.25) is 0 Å². The van der Waals surface area contributed by atoms with Gasteiger partial charge in [0.15, 0.2) is 0 Å². The molecule has 1 N–H and O–H groups in total. The zero-order valence-corrected chi connectivity index (χ0v) is 11.9. The molecule has 3 rings (SSSR count). The highest BCUT2D eigenvalue weighted by Gasteiger charge is 2.19. The largest absolute Gasteiger partial charge is 0.424 e. The van der Waals surface area contributed by atoms with Gasteiger partial charge in [0.25, 0.3) is 0 Å². The Hall–Kier alpha value is -1.46. The molecule has 1 aliphatic rings. The fourth-order valence-corrected chi connectivity index (χ4v) is 2.05. The van der Waals surface area contributed by atoms with Crippen molar-refractivity contribution in [3.63, 3.8) is 0 Å². The van der Waals surface area contributed by atoms with E-state index in [0.717, 1.165) is 22.3 Å². The minimum Gasteiger partial charge on any atom is -0.424 e. The molecule has 1 aliphatic carbocycles. The fourth-order valence-electron chi connectivity index (χ4n) is 1.67. The number of nitrogens with one attached hydrogen (secondary N) is 1. The Morgan fingerprint density at radius 2 is 2.05 bits per heavy atom. The molecular weight excluding hydrogens is 306 g/mol. The second-order valence-electron chi connectivity index (χ2n) is 4.59. The molecular formula is C14H14BrN3O. The van der Waals surface area contributed by atoms with Crippen molar-refractivity contribution in [2.45, 2.75) is 25.4 Å². The lowest BCUT2D eigenvalue weighted by Crippen LogP contribution is -2.15. The van der Waals surface area contributed by atoms with Crippen LogP contribution in [0.15, 0.2) is 41.1 Å². The van der Waals surface area contributed by atoms with Gasteiger partial charge in [0, 0.05) is 35.0 Å². The Kier molecular flexibility index (Phi) is 3.75. The quantitative estimate of drug-likeness (QED) is 0.918. The maximum Gasteiger partial charge on any atom is 0.321 e. The highest BCUT2D eigenvalue weighted by atomic mass is 79.9. The number of rotatable bonds is 5. The summed E-state index contributed by atoms with van der Waals surface area (Å²) in [7, 11) is 0. The van der Waals surface area contributed by atoms with Crippen molar-refractivity contribution in [3.8, 4) is 11.8 Å². The minimum atomic E-state index is 0.369. The molecule has 0 amide bonds. The van der Waals surface area contributed by atoms with E-state index in [4.69, 9.17) is 4.74 Å². The standard InChI is InChI=1S/C14H14BrN3O/c15-11-2-1-3-13(6-11)19-14-17-8-10(9-18-14)7-16-12-4-5-12/h1-3,6,8-9,12,16H,4-5,7H2. The first kappa shape index (κ1) is 12.6. The average molecular weight is 320 g/mol. The SMILES string of the molecule is Brc1cccc(Oc2ncc(CNC3CC3)cn2)c1. The summed E-state index contributed by atoms with van der Waals surface area (Å²) in [5, 5.41) is 3.42. The molecule has 2 aromatic rings. The molecule has 0 unspecified atom stereocenters. The van der Waals surface area contributed by atoms with Crippen molar-refractivity contribution in [2.75, 3.05) is 0 Å². The molecule has 1 aromatic heterocycles. The summed E-state index contributed by atoms with van der Waals surface area (Å²) in [5.41, 5.74) is 1.08. The Balaban J connectivity index is 1.61. The van der Waals surface area contributed by atoms with Crippen LogP contribution >= 0.6 is 15.9 Å². The van der Waals surface area contributed by atoms with E-state index in [0.29, 0.717) is 12.1 Å². The third kappa shape index (κ3) is 3.75. The van der Waals surface area contributed by atoms with Crippen LogP contribution < -0.4 is 10.1 Å². The fraction of sp³-hybridized carbons (Fsp3) is 0.286. The highest BCUT2D eigenvalue weighted by Crippen LogP contribution is 2.22. The minimum absolute atomic E-state index is 0.369. The lowest BCUT2D eigenvalue weighted by atomic mass is 10.3. The van der Waals surface area contributed by atoms with E-state index in [-0.39, 0.29) is 0 Å². The van der Waals surface area contributed by atoms with Gasteiger partial charge in [-0.1, -0.05) is 22.0 Å². The molecule has 1 saturated carbocycles. The molecule has 19 heavy (non-hydrogen) atoms. The third-order valence-electron chi connectivity index (χ3n) is 2.86. The molecule has 0 bridgehead atoms. The van der Waals surface area contributed by atoms with Crippen molar-refractivity contribution in [3.05, 3.63) is 46.7 Å². The molecule has 0 saturated heterocycles. The van der Waals surface area contributed by atoms with E-state index in [1.165, 1.54) is 12.8 Å². The van der Waals surface area contributed by atoms with Gasteiger partial charge >= 0.3 is 6.01 Å². The van der Waals surface area contributed by atoms with Gasteiger partial charge in [-0.25, -0.2) is 9.97 Å². The molecule has 1 fully saturated rings. The van der Waals surface area contributed by atoms with Gasteiger partial charge < -0.3 is 10.1 Å². The molecule has 98 valence electrons. The van der Waals surface area contributed by atoms with Crippen LogP contribution in [0, 0.1) is 0 Å². The first-order valence-corrected chi connectivity index (χ1v) is 7.06.